The van der Waals surface area contributed by atoms with E-state index in [4.69, 9.17) is 0 Å². The number of aromatic nitrogens is 2. The van der Waals surface area contributed by atoms with Crippen molar-refractivity contribution in [2.24, 2.45) is 0 Å². The van der Waals surface area contributed by atoms with Gasteiger partial charge in [-0.05, 0) is 62.6 Å². The predicted molar refractivity (Wildman–Crippen MR) is 117 cm³/mol. The lowest BCUT2D eigenvalue weighted by atomic mass is 10.1. The van der Waals surface area contributed by atoms with Gasteiger partial charge in [0.1, 0.15) is 0 Å². The first-order valence-corrected chi connectivity index (χ1v) is 10.0. The van der Waals surface area contributed by atoms with Crippen LogP contribution >= 0.6 is 0 Å². The highest BCUT2D eigenvalue weighted by Gasteiger charge is 2.13. The molecule has 6 nitrogen and oxygen atoms in total. The van der Waals surface area contributed by atoms with Crippen molar-refractivity contribution in [1.82, 2.24) is 10.2 Å². The highest BCUT2D eigenvalue weighted by Crippen LogP contribution is 2.23. The molecule has 3 aromatic rings. The van der Waals surface area contributed by atoms with Gasteiger partial charge >= 0.3 is 6.03 Å². The largest absolute Gasteiger partial charge is 0.355 e. The summed E-state index contributed by atoms with van der Waals surface area (Å²) in [6, 6.07) is 19.0. The number of aryl methyl sites for hydroxylation is 1. The summed E-state index contributed by atoms with van der Waals surface area (Å²) in [7, 11) is 0. The number of anilines is 3. The normalized spacial score (nSPS) is 13.8. The van der Waals surface area contributed by atoms with Gasteiger partial charge in [0.05, 0.1) is 5.69 Å². The summed E-state index contributed by atoms with van der Waals surface area (Å²) in [5.41, 5.74) is 4.30. The molecule has 6 heteroatoms. The van der Waals surface area contributed by atoms with Crippen LogP contribution in [0.25, 0.3) is 11.3 Å². The Hall–Kier alpha value is -3.41. The van der Waals surface area contributed by atoms with Crippen LogP contribution in [0.3, 0.4) is 0 Å². The standard InChI is InChI=1S/C23H25N5O/c1-17-8-10-19(11-9-17)24-23(29)25-20-7-5-6-18(16-20)21-12-13-22(27-26-21)28-14-3-2-4-15-28/h5-13,16H,2-4,14-15H2,1H3,(H2,24,25,29). The Morgan fingerprint density at radius 1 is 0.862 bits per heavy atom. The Balaban J connectivity index is 1.42. The Kier molecular flexibility index (Phi) is 5.70. The Labute approximate surface area is 171 Å². The summed E-state index contributed by atoms with van der Waals surface area (Å²) in [5, 5.41) is 14.5. The van der Waals surface area contributed by atoms with Crippen LogP contribution in [0.1, 0.15) is 24.8 Å². The van der Waals surface area contributed by atoms with Gasteiger partial charge in [0.25, 0.3) is 0 Å². The van der Waals surface area contributed by atoms with E-state index in [0.29, 0.717) is 5.69 Å². The Morgan fingerprint density at radius 3 is 2.34 bits per heavy atom. The first kappa shape index (κ1) is 18.9. The summed E-state index contributed by atoms with van der Waals surface area (Å²) in [4.78, 5) is 14.6. The van der Waals surface area contributed by atoms with Gasteiger partial charge in [0.15, 0.2) is 5.82 Å². The van der Waals surface area contributed by atoms with Gasteiger partial charge in [0.2, 0.25) is 0 Å². The molecule has 0 spiro atoms. The topological polar surface area (TPSA) is 70.2 Å². The van der Waals surface area contributed by atoms with Crippen molar-refractivity contribution in [3.05, 3.63) is 66.2 Å². The third-order valence-corrected chi connectivity index (χ3v) is 5.06. The minimum atomic E-state index is -0.280. The maximum absolute atomic E-state index is 12.3. The number of nitrogens with one attached hydrogen (secondary N) is 2. The van der Waals surface area contributed by atoms with Crippen molar-refractivity contribution in [2.45, 2.75) is 26.2 Å². The fourth-order valence-corrected chi connectivity index (χ4v) is 3.46. The Bertz CT molecular complexity index is 963. The van der Waals surface area contributed by atoms with Crippen molar-refractivity contribution >= 4 is 23.2 Å². The summed E-state index contributed by atoms with van der Waals surface area (Å²) in [6.45, 7) is 4.10. The van der Waals surface area contributed by atoms with Crippen LogP contribution in [-0.4, -0.2) is 29.3 Å². The van der Waals surface area contributed by atoms with Crippen molar-refractivity contribution in [2.75, 3.05) is 28.6 Å². The van der Waals surface area contributed by atoms with Gasteiger partial charge in [-0.3, -0.25) is 0 Å². The van der Waals surface area contributed by atoms with Crippen LogP contribution in [0.5, 0.6) is 0 Å². The molecule has 2 amide bonds. The number of benzene rings is 2. The molecule has 29 heavy (non-hydrogen) atoms. The van der Waals surface area contributed by atoms with Crippen molar-refractivity contribution < 1.29 is 4.79 Å². The van der Waals surface area contributed by atoms with Gasteiger partial charge in [-0.25, -0.2) is 4.79 Å². The molecule has 0 saturated carbocycles. The fourth-order valence-electron chi connectivity index (χ4n) is 3.46. The highest BCUT2D eigenvalue weighted by atomic mass is 16.2. The van der Waals surface area contributed by atoms with E-state index < -0.39 is 0 Å². The van der Waals surface area contributed by atoms with Crippen LogP contribution in [0.4, 0.5) is 22.0 Å². The summed E-state index contributed by atoms with van der Waals surface area (Å²) in [5.74, 6) is 0.931. The zero-order chi connectivity index (χ0) is 20.1. The van der Waals surface area contributed by atoms with Gasteiger partial charge in [-0.2, -0.15) is 0 Å². The smallest absolute Gasteiger partial charge is 0.323 e. The fraction of sp³-hybridized carbons (Fsp3) is 0.261. The summed E-state index contributed by atoms with van der Waals surface area (Å²) < 4.78 is 0. The summed E-state index contributed by atoms with van der Waals surface area (Å²) in [6.07, 6.45) is 3.71. The van der Waals surface area contributed by atoms with Crippen LogP contribution < -0.4 is 15.5 Å². The van der Waals surface area contributed by atoms with E-state index in [-0.39, 0.29) is 6.03 Å². The summed E-state index contributed by atoms with van der Waals surface area (Å²) >= 11 is 0. The molecular formula is C23H25N5O. The van der Waals surface area contributed by atoms with E-state index in [1.165, 1.54) is 19.3 Å². The lowest BCUT2D eigenvalue weighted by molar-refractivity contribution is 0.262. The molecule has 4 rings (SSSR count). The number of hydrogen-bond acceptors (Lipinski definition) is 4. The first-order valence-electron chi connectivity index (χ1n) is 10.0. The lowest BCUT2D eigenvalue weighted by Crippen LogP contribution is -2.30. The molecule has 1 fully saturated rings. The van der Waals surface area contributed by atoms with Crippen LogP contribution in [0.15, 0.2) is 60.7 Å². The monoisotopic (exact) mass is 387 g/mol. The van der Waals surface area contributed by atoms with Gasteiger partial charge in [0, 0.05) is 30.0 Å². The van der Waals surface area contributed by atoms with Gasteiger partial charge in [-0.15, -0.1) is 10.2 Å². The Morgan fingerprint density at radius 2 is 1.62 bits per heavy atom. The maximum atomic E-state index is 12.3. The highest BCUT2D eigenvalue weighted by molar-refractivity contribution is 6.00. The average Bonchev–Trinajstić information content (AvgIpc) is 2.76. The second-order valence-corrected chi connectivity index (χ2v) is 7.35. The third-order valence-electron chi connectivity index (χ3n) is 5.06. The minimum absolute atomic E-state index is 0.280. The van der Waals surface area contributed by atoms with Crippen LogP contribution in [-0.2, 0) is 0 Å². The van der Waals surface area contributed by atoms with E-state index >= 15 is 0 Å². The lowest BCUT2D eigenvalue weighted by Gasteiger charge is -2.27. The number of rotatable bonds is 4. The van der Waals surface area contributed by atoms with Crippen molar-refractivity contribution in [3.8, 4) is 11.3 Å². The maximum Gasteiger partial charge on any atom is 0.323 e. The molecule has 1 aliphatic rings. The molecule has 1 saturated heterocycles. The molecule has 0 aliphatic carbocycles. The van der Waals surface area contributed by atoms with Gasteiger partial charge < -0.3 is 15.5 Å². The number of carbonyl (C=O) groups excluding carboxylic acids is 1. The molecule has 2 heterocycles. The average molecular weight is 387 g/mol. The molecule has 0 unspecified atom stereocenters. The van der Waals surface area contributed by atoms with Crippen molar-refractivity contribution in [3.63, 3.8) is 0 Å². The molecule has 2 aromatic carbocycles. The van der Waals surface area contributed by atoms with E-state index in [1.807, 2.05) is 67.6 Å². The quantitative estimate of drug-likeness (QED) is 0.654. The first-order chi connectivity index (χ1) is 14.2. The second kappa shape index (κ2) is 8.73. The number of amides is 2. The number of urea groups is 1. The number of carbonyl (C=O) groups is 1. The molecule has 2 N–H and O–H groups in total. The SMILES string of the molecule is Cc1ccc(NC(=O)Nc2cccc(-c3ccc(N4CCCCC4)nn3)c2)cc1. The minimum Gasteiger partial charge on any atom is -0.355 e. The third kappa shape index (κ3) is 4.90. The van der Waals surface area contributed by atoms with Gasteiger partial charge in [-0.1, -0.05) is 29.8 Å². The molecule has 1 aliphatic heterocycles. The number of nitrogens with zero attached hydrogens (tertiary/aromatic N) is 3. The molecular weight excluding hydrogens is 362 g/mol. The van der Waals surface area contributed by atoms with Crippen LogP contribution in [0, 0.1) is 6.92 Å². The zero-order valence-corrected chi connectivity index (χ0v) is 16.6. The number of piperidine rings is 1. The van der Waals surface area contributed by atoms with Crippen molar-refractivity contribution in [1.29, 1.82) is 0 Å². The zero-order valence-electron chi connectivity index (χ0n) is 16.6. The molecule has 0 bridgehead atoms. The predicted octanol–water partition coefficient (Wildman–Crippen LogP) is 5.09. The molecule has 148 valence electrons. The molecule has 0 atom stereocenters. The second-order valence-electron chi connectivity index (χ2n) is 7.35. The molecule has 0 radical (unpaired) electrons. The van der Waals surface area contributed by atoms with E-state index in [1.54, 1.807) is 0 Å². The molecule has 1 aromatic heterocycles. The van der Waals surface area contributed by atoms with E-state index in [0.717, 1.165) is 41.4 Å². The number of hydrogen-bond donors (Lipinski definition) is 2. The van der Waals surface area contributed by atoms with E-state index in [9.17, 15) is 4.79 Å². The van der Waals surface area contributed by atoms with E-state index in [2.05, 4.69) is 25.7 Å². The van der Waals surface area contributed by atoms with Crippen LogP contribution in [0.2, 0.25) is 0 Å².